The third-order valence-corrected chi connectivity index (χ3v) is 3.78. The van der Waals surface area contributed by atoms with E-state index in [1.54, 1.807) is 4.57 Å². The summed E-state index contributed by atoms with van der Waals surface area (Å²) in [5, 5.41) is 16.8. The molecule has 0 bridgehead atoms. The zero-order valence-electron chi connectivity index (χ0n) is 17.1. The molecule has 13 heteroatoms. The first kappa shape index (κ1) is 25.0. The first-order chi connectivity index (χ1) is 14.1. The Morgan fingerprint density at radius 2 is 2.00 bits per heavy atom. The van der Waals surface area contributed by atoms with Crippen LogP contribution in [-0.4, -0.2) is 73.6 Å². The van der Waals surface area contributed by atoms with E-state index in [9.17, 15) is 14.7 Å². The number of esters is 1. The summed E-state index contributed by atoms with van der Waals surface area (Å²) in [6, 6.07) is -0.721. The fraction of sp³-hybridized carbons (Fsp3) is 0.588. The Labute approximate surface area is 172 Å². The van der Waals surface area contributed by atoms with Crippen molar-refractivity contribution in [2.24, 2.45) is 11.7 Å². The number of aliphatic hydroxyl groups is 1. The lowest BCUT2D eigenvalue weighted by Gasteiger charge is -2.19. The molecule has 2 heterocycles. The first-order valence-electron chi connectivity index (χ1n) is 9.11. The molecule has 2 rings (SSSR count). The molecule has 1 unspecified atom stereocenters. The molecule has 2 aromatic heterocycles. The molecule has 2 aromatic rings. The summed E-state index contributed by atoms with van der Waals surface area (Å²) in [6.07, 6.45) is 0.764. The highest BCUT2D eigenvalue weighted by Gasteiger charge is 2.20. The zero-order chi connectivity index (χ0) is 22.8. The number of nitrogens with zero attached hydrogens (tertiary/aromatic N) is 3. The molecule has 0 aliphatic rings. The SMILES string of the molecule is CC(=O)O.CC(C)[C@H](N)C(=O)OCC(CO)OCCn1cnc2c(=O)[nH]c(N)nc21. The van der Waals surface area contributed by atoms with Crippen molar-refractivity contribution in [3.8, 4) is 0 Å². The van der Waals surface area contributed by atoms with Crippen LogP contribution in [-0.2, 0) is 25.6 Å². The van der Waals surface area contributed by atoms with Gasteiger partial charge in [0.25, 0.3) is 11.5 Å². The molecule has 0 aliphatic carbocycles. The van der Waals surface area contributed by atoms with Crippen molar-refractivity contribution in [1.82, 2.24) is 19.5 Å². The molecule has 13 nitrogen and oxygen atoms in total. The number of aliphatic carboxylic acids is 1. The van der Waals surface area contributed by atoms with E-state index in [1.807, 2.05) is 13.8 Å². The van der Waals surface area contributed by atoms with Gasteiger partial charge in [0.15, 0.2) is 11.2 Å². The average Bonchev–Trinajstić information content (AvgIpc) is 3.06. The number of nitrogens with two attached hydrogens (primary N) is 2. The van der Waals surface area contributed by atoms with Crippen LogP contribution < -0.4 is 17.0 Å². The second-order valence-electron chi connectivity index (χ2n) is 6.66. The topological polar surface area (TPSA) is 209 Å². The van der Waals surface area contributed by atoms with Crippen LogP contribution in [0.15, 0.2) is 11.1 Å². The number of anilines is 1. The van der Waals surface area contributed by atoms with Gasteiger partial charge in [0.1, 0.15) is 18.8 Å². The molecular weight excluding hydrogens is 400 g/mol. The normalized spacial score (nSPS) is 12.9. The molecule has 2 atom stereocenters. The molecule has 7 N–H and O–H groups in total. The summed E-state index contributed by atoms with van der Waals surface area (Å²) in [7, 11) is 0. The van der Waals surface area contributed by atoms with E-state index in [0.717, 1.165) is 6.92 Å². The molecule has 0 aliphatic heterocycles. The molecule has 0 saturated carbocycles. The number of aliphatic hydroxyl groups excluding tert-OH is 1. The van der Waals surface area contributed by atoms with Gasteiger partial charge in [-0.25, -0.2) is 4.98 Å². The summed E-state index contributed by atoms with van der Waals surface area (Å²) < 4.78 is 12.2. The minimum Gasteiger partial charge on any atom is -0.481 e. The third-order valence-electron chi connectivity index (χ3n) is 3.78. The van der Waals surface area contributed by atoms with Gasteiger partial charge in [-0.2, -0.15) is 4.98 Å². The molecule has 0 aromatic carbocycles. The summed E-state index contributed by atoms with van der Waals surface area (Å²) >= 11 is 0. The monoisotopic (exact) mass is 428 g/mol. The number of nitrogen functional groups attached to an aromatic ring is 1. The second kappa shape index (κ2) is 11.8. The number of hydrogen-bond acceptors (Lipinski definition) is 10. The van der Waals surface area contributed by atoms with Crippen LogP contribution in [0.4, 0.5) is 5.95 Å². The van der Waals surface area contributed by atoms with Gasteiger partial charge in [-0.15, -0.1) is 0 Å². The van der Waals surface area contributed by atoms with Crippen LogP contribution in [0, 0.1) is 5.92 Å². The fourth-order valence-corrected chi connectivity index (χ4v) is 2.15. The quantitative estimate of drug-likeness (QED) is 0.296. The smallest absolute Gasteiger partial charge is 0.323 e. The Hall–Kier alpha value is -3.03. The van der Waals surface area contributed by atoms with E-state index < -0.39 is 29.6 Å². The predicted molar refractivity (Wildman–Crippen MR) is 106 cm³/mol. The van der Waals surface area contributed by atoms with E-state index in [4.69, 9.17) is 30.8 Å². The van der Waals surface area contributed by atoms with Crippen LogP contribution in [0.2, 0.25) is 0 Å². The van der Waals surface area contributed by atoms with Crippen LogP contribution in [0.3, 0.4) is 0 Å². The molecule has 0 fully saturated rings. The van der Waals surface area contributed by atoms with Crippen molar-refractivity contribution < 1.29 is 29.3 Å². The highest BCUT2D eigenvalue weighted by molar-refractivity contribution is 5.75. The predicted octanol–water partition coefficient (Wildman–Crippen LogP) is -1.30. The van der Waals surface area contributed by atoms with Crippen LogP contribution in [0.1, 0.15) is 20.8 Å². The van der Waals surface area contributed by atoms with Crippen LogP contribution in [0.5, 0.6) is 0 Å². The maximum Gasteiger partial charge on any atom is 0.323 e. The number of carbonyl (C=O) groups excluding carboxylic acids is 1. The first-order valence-corrected chi connectivity index (χ1v) is 9.11. The van der Waals surface area contributed by atoms with E-state index in [0.29, 0.717) is 12.2 Å². The number of hydrogen-bond donors (Lipinski definition) is 5. The van der Waals surface area contributed by atoms with Gasteiger partial charge >= 0.3 is 5.97 Å². The molecule has 30 heavy (non-hydrogen) atoms. The van der Waals surface area contributed by atoms with Crippen molar-refractivity contribution in [1.29, 1.82) is 0 Å². The molecular formula is C17H28N6O7. The lowest BCUT2D eigenvalue weighted by molar-refractivity contribution is -0.151. The van der Waals surface area contributed by atoms with E-state index in [2.05, 4.69) is 15.0 Å². The number of carboxylic acid groups (broad SMARTS) is 1. The Morgan fingerprint density at radius 3 is 2.57 bits per heavy atom. The van der Waals surface area contributed by atoms with Crippen molar-refractivity contribution >= 4 is 29.1 Å². The van der Waals surface area contributed by atoms with E-state index in [1.165, 1.54) is 6.33 Å². The standard InChI is InChI=1S/C15H24N6O5.C2H4O2/c1-8(2)10(16)14(24)26-6-9(5-22)25-4-3-21-7-18-11-12(21)19-15(17)20-13(11)23;1-2(3)4/h7-10,22H,3-6,16H2,1-2H3,(H3,17,19,20,23);1H3,(H,3,4)/t9?,10-;/m0./s1. The van der Waals surface area contributed by atoms with Crippen LogP contribution >= 0.6 is 0 Å². The number of nitrogens with one attached hydrogen (secondary N) is 1. The molecule has 0 saturated heterocycles. The highest BCUT2D eigenvalue weighted by Crippen LogP contribution is 2.07. The molecule has 0 amide bonds. The molecule has 168 valence electrons. The van der Waals surface area contributed by atoms with Gasteiger partial charge in [0.05, 0.1) is 19.5 Å². The summed E-state index contributed by atoms with van der Waals surface area (Å²) in [5.74, 6) is -1.43. The van der Waals surface area contributed by atoms with Crippen molar-refractivity contribution in [2.45, 2.75) is 39.5 Å². The van der Waals surface area contributed by atoms with E-state index >= 15 is 0 Å². The number of fused-ring (bicyclic) bond motifs is 1. The number of ether oxygens (including phenoxy) is 2. The van der Waals surface area contributed by atoms with Gasteiger partial charge in [-0.3, -0.25) is 19.4 Å². The molecule has 0 spiro atoms. The minimum atomic E-state index is -0.833. The van der Waals surface area contributed by atoms with Crippen molar-refractivity contribution in [3.05, 3.63) is 16.7 Å². The second-order valence-corrected chi connectivity index (χ2v) is 6.66. The van der Waals surface area contributed by atoms with Crippen molar-refractivity contribution in [2.75, 3.05) is 25.6 Å². The number of carbonyl (C=O) groups is 2. The number of aromatic amines is 1. The van der Waals surface area contributed by atoms with Gasteiger partial charge in [0.2, 0.25) is 5.95 Å². The van der Waals surface area contributed by atoms with E-state index in [-0.39, 0.29) is 37.2 Å². The lowest BCUT2D eigenvalue weighted by Crippen LogP contribution is -2.39. The third kappa shape index (κ3) is 7.77. The average molecular weight is 428 g/mol. The maximum absolute atomic E-state index is 11.7. The Balaban J connectivity index is 0.00000103. The van der Waals surface area contributed by atoms with Crippen LogP contribution in [0.25, 0.3) is 11.2 Å². The molecule has 0 radical (unpaired) electrons. The highest BCUT2D eigenvalue weighted by atomic mass is 16.6. The minimum absolute atomic E-state index is 0.00759. The number of rotatable bonds is 9. The Bertz CT molecular complexity index is 890. The summed E-state index contributed by atoms with van der Waals surface area (Å²) in [4.78, 5) is 42.8. The lowest BCUT2D eigenvalue weighted by atomic mass is 10.1. The number of H-pyrrole nitrogens is 1. The Kier molecular flexibility index (Phi) is 9.88. The van der Waals surface area contributed by atoms with Gasteiger partial charge in [0, 0.05) is 13.5 Å². The number of aromatic nitrogens is 4. The van der Waals surface area contributed by atoms with Crippen molar-refractivity contribution in [3.63, 3.8) is 0 Å². The van der Waals surface area contributed by atoms with Gasteiger partial charge < -0.3 is 35.7 Å². The number of carboxylic acids is 1. The number of imidazole rings is 1. The van der Waals surface area contributed by atoms with Gasteiger partial charge in [-0.1, -0.05) is 13.8 Å². The summed E-state index contributed by atoms with van der Waals surface area (Å²) in [6.45, 7) is 4.78. The summed E-state index contributed by atoms with van der Waals surface area (Å²) in [5.41, 5.74) is 11.3. The van der Waals surface area contributed by atoms with Gasteiger partial charge in [-0.05, 0) is 5.92 Å². The fourth-order valence-electron chi connectivity index (χ4n) is 2.15. The largest absolute Gasteiger partial charge is 0.481 e. The Morgan fingerprint density at radius 1 is 1.37 bits per heavy atom. The zero-order valence-corrected chi connectivity index (χ0v) is 17.1. The maximum atomic E-state index is 11.7.